The van der Waals surface area contributed by atoms with E-state index in [-0.39, 0.29) is 5.82 Å². The van der Waals surface area contributed by atoms with Crippen LogP contribution < -0.4 is 0 Å². The lowest BCUT2D eigenvalue weighted by molar-refractivity contribution is 0.184. The van der Waals surface area contributed by atoms with E-state index in [1.165, 1.54) is 5.56 Å². The van der Waals surface area contributed by atoms with Gasteiger partial charge in [-0.05, 0) is 63.9 Å². The minimum absolute atomic E-state index is 0.187. The summed E-state index contributed by atoms with van der Waals surface area (Å²) >= 11 is 0. The number of benzene rings is 2. The van der Waals surface area contributed by atoms with Crippen molar-refractivity contribution in [3.05, 3.63) is 58.4 Å². The molecular weight excluding hydrogens is 329 g/mol. The van der Waals surface area contributed by atoms with E-state index in [9.17, 15) is 4.39 Å². The van der Waals surface area contributed by atoms with Crippen LogP contribution in [0.2, 0.25) is 0 Å². The first-order valence-electron chi connectivity index (χ1n) is 7.46. The molecule has 0 N–H and O–H groups in total. The number of halogens is 1. The number of hydrogen-bond acceptors (Lipinski definition) is 2. The third-order valence-corrected chi connectivity index (χ3v) is 4.70. The molecule has 2 aromatic carbocycles. The van der Waals surface area contributed by atoms with Crippen LogP contribution >= 0.6 is 18.5 Å². The zero-order valence-electron chi connectivity index (χ0n) is 13.6. The van der Waals surface area contributed by atoms with Crippen molar-refractivity contribution in [2.75, 3.05) is 14.2 Å². The quantitative estimate of drug-likeness (QED) is 0.682. The molecule has 0 aromatic heterocycles. The van der Waals surface area contributed by atoms with Crippen LogP contribution in [0.3, 0.4) is 0 Å². The van der Waals surface area contributed by atoms with Crippen LogP contribution in [0.4, 0.5) is 4.39 Å². The Bertz CT molecular complexity index is 674. The van der Waals surface area contributed by atoms with Crippen molar-refractivity contribution < 1.29 is 13.9 Å². The average Bonchev–Trinajstić information content (AvgIpc) is 2.55. The smallest absolute Gasteiger partial charge is 0.127 e. The number of rotatable bonds is 7. The van der Waals surface area contributed by atoms with Crippen molar-refractivity contribution >= 4 is 18.5 Å². The molecule has 2 unspecified atom stereocenters. The summed E-state index contributed by atoms with van der Waals surface area (Å²) in [6, 6.07) is 9.80. The van der Waals surface area contributed by atoms with E-state index in [4.69, 9.17) is 9.47 Å². The van der Waals surface area contributed by atoms with Gasteiger partial charge in [0.05, 0.1) is 13.2 Å². The molecule has 23 heavy (non-hydrogen) atoms. The van der Waals surface area contributed by atoms with Crippen molar-refractivity contribution in [2.24, 2.45) is 0 Å². The predicted octanol–water partition coefficient (Wildman–Crippen LogP) is 4.54. The maximum atomic E-state index is 14.4. The van der Waals surface area contributed by atoms with Crippen molar-refractivity contribution in [3.8, 4) is 11.1 Å². The fourth-order valence-corrected chi connectivity index (χ4v) is 3.52. The van der Waals surface area contributed by atoms with Gasteiger partial charge in [-0.15, -0.1) is 18.5 Å². The topological polar surface area (TPSA) is 18.5 Å². The van der Waals surface area contributed by atoms with E-state index in [2.05, 4.69) is 30.6 Å². The molecule has 0 spiro atoms. The summed E-state index contributed by atoms with van der Waals surface area (Å²) in [5, 5.41) is 0. The van der Waals surface area contributed by atoms with Crippen LogP contribution in [0.1, 0.15) is 22.3 Å². The standard InChI is InChI=1S/C18H23FO2P2/c1-20-8-15-5-12(3-4-13(15)10-22)14-6-16(9-21-2)17(11-23)18(19)7-14/h3-7H,8-11,22-23H2,1-2H3. The normalized spacial score (nSPS) is 11.0. The summed E-state index contributed by atoms with van der Waals surface area (Å²) in [6.45, 7) is 0.956. The van der Waals surface area contributed by atoms with Crippen LogP contribution in [-0.4, -0.2) is 14.2 Å². The minimum Gasteiger partial charge on any atom is -0.380 e. The van der Waals surface area contributed by atoms with E-state index in [1.54, 1.807) is 20.3 Å². The molecule has 0 heterocycles. The second-order valence-corrected chi connectivity index (χ2v) is 6.17. The second-order valence-electron chi connectivity index (χ2n) is 5.35. The van der Waals surface area contributed by atoms with Crippen LogP contribution in [0.15, 0.2) is 30.3 Å². The van der Waals surface area contributed by atoms with E-state index in [1.807, 2.05) is 12.1 Å². The molecule has 0 aliphatic rings. The Labute approximate surface area is 142 Å². The highest BCUT2D eigenvalue weighted by Gasteiger charge is 2.12. The first kappa shape index (κ1) is 18.5. The Morgan fingerprint density at radius 1 is 0.826 bits per heavy atom. The fraction of sp³-hybridized carbons (Fsp3) is 0.333. The number of methoxy groups -OCH3 is 2. The van der Waals surface area contributed by atoms with Gasteiger partial charge in [0, 0.05) is 14.2 Å². The van der Waals surface area contributed by atoms with Crippen LogP contribution in [0, 0.1) is 5.82 Å². The van der Waals surface area contributed by atoms with Gasteiger partial charge >= 0.3 is 0 Å². The van der Waals surface area contributed by atoms with Gasteiger partial charge in [0.2, 0.25) is 0 Å². The Hall–Kier alpha value is -0.850. The summed E-state index contributed by atoms with van der Waals surface area (Å²) in [6.07, 6.45) is 1.44. The maximum Gasteiger partial charge on any atom is 0.127 e. The molecule has 5 heteroatoms. The number of hydrogen-bond donors (Lipinski definition) is 0. The molecule has 2 nitrogen and oxygen atoms in total. The summed E-state index contributed by atoms with van der Waals surface area (Å²) < 4.78 is 24.9. The summed E-state index contributed by atoms with van der Waals surface area (Å²) in [5.74, 6) is -0.187. The highest BCUT2D eigenvalue weighted by atomic mass is 31.0. The second kappa shape index (κ2) is 8.85. The molecular formula is C18H23FO2P2. The van der Waals surface area contributed by atoms with Crippen molar-refractivity contribution in [1.29, 1.82) is 0 Å². The van der Waals surface area contributed by atoms with E-state index in [0.717, 1.165) is 28.4 Å². The van der Waals surface area contributed by atoms with Crippen molar-refractivity contribution in [1.82, 2.24) is 0 Å². The van der Waals surface area contributed by atoms with Crippen molar-refractivity contribution in [3.63, 3.8) is 0 Å². The van der Waals surface area contributed by atoms with Crippen molar-refractivity contribution in [2.45, 2.75) is 25.5 Å². The molecule has 0 saturated carbocycles. The zero-order chi connectivity index (χ0) is 16.8. The van der Waals surface area contributed by atoms with Crippen LogP contribution in [0.25, 0.3) is 11.1 Å². The maximum absolute atomic E-state index is 14.4. The summed E-state index contributed by atoms with van der Waals surface area (Å²) in [4.78, 5) is 0. The van der Waals surface area contributed by atoms with Gasteiger partial charge in [-0.25, -0.2) is 4.39 Å². The predicted molar refractivity (Wildman–Crippen MR) is 100 cm³/mol. The summed E-state index contributed by atoms with van der Waals surface area (Å²) in [5.41, 5.74) is 5.79. The fourth-order valence-electron chi connectivity index (χ4n) is 2.67. The van der Waals surface area contributed by atoms with E-state index in [0.29, 0.717) is 24.9 Å². The third kappa shape index (κ3) is 4.37. The van der Waals surface area contributed by atoms with Gasteiger partial charge in [0.15, 0.2) is 0 Å². The van der Waals surface area contributed by atoms with E-state index >= 15 is 0 Å². The Kier molecular flexibility index (Phi) is 7.11. The van der Waals surface area contributed by atoms with Crippen LogP contribution in [0.5, 0.6) is 0 Å². The largest absolute Gasteiger partial charge is 0.380 e. The van der Waals surface area contributed by atoms with E-state index < -0.39 is 0 Å². The zero-order valence-corrected chi connectivity index (χ0v) is 15.9. The molecule has 0 aliphatic carbocycles. The van der Waals surface area contributed by atoms with Gasteiger partial charge in [-0.1, -0.05) is 12.1 Å². The van der Waals surface area contributed by atoms with Gasteiger partial charge in [-0.3, -0.25) is 0 Å². The highest BCUT2D eigenvalue weighted by Crippen LogP contribution is 2.29. The SMILES string of the molecule is COCc1cc(-c2cc(F)c(CP)c(COC)c2)ccc1CP. The minimum atomic E-state index is -0.187. The molecule has 0 bridgehead atoms. The lowest BCUT2D eigenvalue weighted by Crippen LogP contribution is -2.00. The molecule has 0 amide bonds. The molecule has 0 radical (unpaired) electrons. The van der Waals surface area contributed by atoms with Gasteiger partial charge < -0.3 is 9.47 Å². The van der Waals surface area contributed by atoms with Gasteiger partial charge in [-0.2, -0.15) is 0 Å². The van der Waals surface area contributed by atoms with Gasteiger partial charge in [0.25, 0.3) is 0 Å². The Morgan fingerprint density at radius 2 is 1.48 bits per heavy atom. The summed E-state index contributed by atoms with van der Waals surface area (Å²) in [7, 11) is 8.62. The van der Waals surface area contributed by atoms with Crippen LogP contribution in [-0.2, 0) is 35.0 Å². The lowest BCUT2D eigenvalue weighted by Gasteiger charge is -2.14. The lowest BCUT2D eigenvalue weighted by atomic mass is 9.96. The molecule has 2 rings (SSSR count). The Balaban J connectivity index is 2.51. The monoisotopic (exact) mass is 352 g/mol. The molecule has 2 atom stereocenters. The molecule has 0 fully saturated rings. The molecule has 2 aromatic rings. The third-order valence-electron chi connectivity index (χ3n) is 3.85. The first-order valence-corrected chi connectivity index (χ1v) is 9.09. The Morgan fingerprint density at radius 3 is 2.09 bits per heavy atom. The molecule has 124 valence electrons. The van der Waals surface area contributed by atoms with Gasteiger partial charge in [0.1, 0.15) is 5.82 Å². The molecule has 0 aliphatic heterocycles. The highest BCUT2D eigenvalue weighted by molar-refractivity contribution is 7.15. The average molecular weight is 352 g/mol. The molecule has 0 saturated heterocycles. The number of ether oxygens (including phenoxy) is 2. The first-order chi connectivity index (χ1) is 11.1.